The van der Waals surface area contributed by atoms with Gasteiger partial charge in [-0.2, -0.15) is 0 Å². The second-order valence-electron chi connectivity index (χ2n) is 8.78. The van der Waals surface area contributed by atoms with Crippen LogP contribution in [0.1, 0.15) is 55.5 Å². The Hall–Kier alpha value is -3.25. The maximum Gasteiger partial charge on any atom is 0.229 e. The number of amides is 1. The Balaban J connectivity index is 1.54. The number of methoxy groups -OCH3 is 1. The van der Waals surface area contributed by atoms with Crippen LogP contribution in [0.5, 0.6) is 5.75 Å². The van der Waals surface area contributed by atoms with Crippen LogP contribution in [0.15, 0.2) is 54.7 Å². The molecular formula is C27H31N3O3. The van der Waals surface area contributed by atoms with Crippen molar-refractivity contribution >= 4 is 11.7 Å². The average molecular weight is 446 g/mol. The van der Waals surface area contributed by atoms with Gasteiger partial charge in [0.05, 0.1) is 37.2 Å². The molecule has 0 radical (unpaired) electrons. The van der Waals surface area contributed by atoms with Gasteiger partial charge in [0.15, 0.2) is 5.82 Å². The number of aliphatic hydroxyl groups is 1. The molecule has 1 amide bonds. The van der Waals surface area contributed by atoms with Crippen molar-refractivity contribution in [3.05, 3.63) is 71.5 Å². The van der Waals surface area contributed by atoms with Crippen LogP contribution in [0.2, 0.25) is 0 Å². The van der Waals surface area contributed by atoms with Crippen LogP contribution in [0, 0.1) is 5.92 Å². The summed E-state index contributed by atoms with van der Waals surface area (Å²) in [4.78, 5) is 22.3. The van der Waals surface area contributed by atoms with E-state index < -0.39 is 6.10 Å². The Morgan fingerprint density at radius 2 is 1.82 bits per heavy atom. The smallest absolute Gasteiger partial charge is 0.229 e. The predicted molar refractivity (Wildman–Crippen MR) is 129 cm³/mol. The van der Waals surface area contributed by atoms with Gasteiger partial charge in [0.25, 0.3) is 0 Å². The van der Waals surface area contributed by atoms with Crippen LogP contribution in [-0.4, -0.2) is 28.1 Å². The second-order valence-corrected chi connectivity index (χ2v) is 8.78. The number of aromatic nitrogens is 2. The first-order valence-corrected chi connectivity index (χ1v) is 11.6. The van der Waals surface area contributed by atoms with E-state index in [-0.39, 0.29) is 12.3 Å². The van der Waals surface area contributed by atoms with E-state index in [2.05, 4.69) is 10.3 Å². The zero-order valence-electron chi connectivity index (χ0n) is 19.3. The van der Waals surface area contributed by atoms with Crippen molar-refractivity contribution in [2.45, 2.75) is 51.6 Å². The van der Waals surface area contributed by atoms with Gasteiger partial charge < -0.3 is 15.2 Å². The van der Waals surface area contributed by atoms with Gasteiger partial charge in [-0.3, -0.25) is 4.79 Å². The number of nitrogens with zero attached hydrogens (tertiary/aromatic N) is 2. The summed E-state index contributed by atoms with van der Waals surface area (Å²) in [6.45, 7) is 1.75. The van der Waals surface area contributed by atoms with E-state index in [4.69, 9.17) is 9.72 Å². The average Bonchev–Trinajstić information content (AvgIpc) is 3.34. The number of hydrogen-bond donors (Lipinski definition) is 2. The summed E-state index contributed by atoms with van der Waals surface area (Å²) in [5.74, 6) is 1.77. The van der Waals surface area contributed by atoms with Gasteiger partial charge >= 0.3 is 0 Å². The number of rotatable bonds is 8. The van der Waals surface area contributed by atoms with Crippen LogP contribution in [-0.2, 0) is 17.6 Å². The van der Waals surface area contributed by atoms with Gasteiger partial charge in [0, 0.05) is 5.56 Å². The van der Waals surface area contributed by atoms with Crippen LogP contribution in [0.25, 0.3) is 11.3 Å². The third-order valence-electron chi connectivity index (χ3n) is 6.27. The lowest BCUT2D eigenvalue weighted by molar-refractivity contribution is -0.115. The maximum absolute atomic E-state index is 12.7. The fourth-order valence-corrected chi connectivity index (χ4v) is 4.34. The topological polar surface area (TPSA) is 84.3 Å². The molecule has 0 bridgehead atoms. The Labute approximate surface area is 195 Å². The van der Waals surface area contributed by atoms with E-state index in [0.29, 0.717) is 11.7 Å². The van der Waals surface area contributed by atoms with Gasteiger partial charge in [-0.25, -0.2) is 9.97 Å². The first-order valence-electron chi connectivity index (χ1n) is 11.6. The summed E-state index contributed by atoms with van der Waals surface area (Å²) >= 11 is 0. The molecule has 1 aromatic heterocycles. The highest BCUT2D eigenvalue weighted by atomic mass is 16.5. The molecule has 4 rings (SSSR count). The maximum atomic E-state index is 12.7. The van der Waals surface area contributed by atoms with E-state index in [9.17, 15) is 9.90 Å². The predicted octanol–water partition coefficient (Wildman–Crippen LogP) is 5.12. The molecule has 0 spiro atoms. The lowest BCUT2D eigenvalue weighted by Gasteiger charge is -2.15. The molecule has 1 fully saturated rings. The van der Waals surface area contributed by atoms with Crippen molar-refractivity contribution in [2.75, 3.05) is 12.4 Å². The zero-order valence-corrected chi connectivity index (χ0v) is 19.3. The Morgan fingerprint density at radius 1 is 1.12 bits per heavy atom. The number of carbonyl (C=O) groups excluding carboxylic acids is 1. The molecule has 0 aliphatic heterocycles. The van der Waals surface area contributed by atoms with Crippen molar-refractivity contribution in [2.24, 2.45) is 5.92 Å². The van der Waals surface area contributed by atoms with Crippen molar-refractivity contribution in [3.8, 4) is 17.0 Å². The largest absolute Gasteiger partial charge is 0.497 e. The summed E-state index contributed by atoms with van der Waals surface area (Å²) in [6, 6.07) is 15.2. The number of ether oxygens (including phenoxy) is 1. The summed E-state index contributed by atoms with van der Waals surface area (Å²) in [7, 11) is 1.62. The van der Waals surface area contributed by atoms with Crippen molar-refractivity contribution in [1.82, 2.24) is 9.97 Å². The van der Waals surface area contributed by atoms with E-state index >= 15 is 0 Å². The molecule has 6 heteroatoms. The van der Waals surface area contributed by atoms with Crippen molar-refractivity contribution in [3.63, 3.8) is 0 Å². The van der Waals surface area contributed by atoms with Crippen LogP contribution >= 0.6 is 0 Å². The number of aliphatic hydroxyl groups excluding tert-OH is 1. The van der Waals surface area contributed by atoms with Gasteiger partial charge in [0.1, 0.15) is 5.75 Å². The van der Waals surface area contributed by atoms with Gasteiger partial charge in [0.2, 0.25) is 5.91 Å². The summed E-state index contributed by atoms with van der Waals surface area (Å²) in [6.07, 6.45) is 7.14. The molecule has 2 N–H and O–H groups in total. The Morgan fingerprint density at radius 3 is 2.45 bits per heavy atom. The summed E-state index contributed by atoms with van der Waals surface area (Å²) in [5.41, 5.74) is 4.32. The van der Waals surface area contributed by atoms with E-state index in [1.54, 1.807) is 20.2 Å². The third-order valence-corrected chi connectivity index (χ3v) is 6.27. The molecule has 6 nitrogen and oxygen atoms in total. The molecule has 1 aliphatic rings. The lowest BCUT2D eigenvalue weighted by Crippen LogP contribution is -2.18. The highest BCUT2D eigenvalue weighted by Gasteiger charge is 2.20. The molecule has 0 saturated heterocycles. The fraction of sp³-hybridized carbons (Fsp3) is 0.370. The number of nitrogens with one attached hydrogen (secondary N) is 1. The Kier molecular flexibility index (Phi) is 7.35. The standard InChI is InChI=1S/C27H31N3O3/c1-18(31)21-9-11-22(12-10-21)25-17-28-27(24(29-25)15-19-5-3-4-6-19)30-26(32)16-20-7-13-23(33-2)14-8-20/h7-14,17-19,31H,3-6,15-16H2,1-2H3,(H,28,30,32). The monoisotopic (exact) mass is 445 g/mol. The molecular weight excluding hydrogens is 414 g/mol. The van der Waals surface area contributed by atoms with E-state index in [0.717, 1.165) is 40.2 Å². The molecule has 1 saturated carbocycles. The minimum atomic E-state index is -0.508. The second kappa shape index (κ2) is 10.6. The van der Waals surface area contributed by atoms with Crippen LogP contribution < -0.4 is 10.1 Å². The number of carbonyl (C=O) groups is 1. The number of benzene rings is 2. The third kappa shape index (κ3) is 5.96. The number of anilines is 1. The van der Waals surface area contributed by atoms with Crippen LogP contribution in [0.3, 0.4) is 0 Å². The van der Waals surface area contributed by atoms with E-state index in [1.165, 1.54) is 25.7 Å². The number of hydrogen-bond acceptors (Lipinski definition) is 5. The summed E-state index contributed by atoms with van der Waals surface area (Å²) < 4.78 is 5.18. The SMILES string of the molecule is COc1ccc(CC(=O)Nc2ncc(-c3ccc(C(C)O)cc3)nc2CC2CCCC2)cc1. The highest BCUT2D eigenvalue weighted by molar-refractivity contribution is 5.92. The van der Waals surface area contributed by atoms with Crippen LogP contribution in [0.4, 0.5) is 5.82 Å². The van der Waals surface area contributed by atoms with Gasteiger partial charge in [-0.05, 0) is 42.5 Å². The van der Waals surface area contributed by atoms with Gasteiger partial charge in [-0.1, -0.05) is 62.1 Å². The highest BCUT2D eigenvalue weighted by Crippen LogP contribution is 2.30. The lowest BCUT2D eigenvalue weighted by atomic mass is 10.0. The van der Waals surface area contributed by atoms with Crippen molar-refractivity contribution in [1.29, 1.82) is 0 Å². The minimum Gasteiger partial charge on any atom is -0.497 e. The normalized spacial score (nSPS) is 14.8. The first kappa shape index (κ1) is 22.9. The summed E-state index contributed by atoms with van der Waals surface area (Å²) in [5, 5.41) is 12.8. The molecule has 2 aromatic carbocycles. The minimum absolute atomic E-state index is 0.115. The molecule has 1 unspecified atom stereocenters. The van der Waals surface area contributed by atoms with E-state index in [1.807, 2.05) is 48.5 Å². The molecule has 172 valence electrons. The molecule has 1 aliphatic carbocycles. The molecule has 33 heavy (non-hydrogen) atoms. The van der Waals surface area contributed by atoms with Crippen molar-refractivity contribution < 1.29 is 14.6 Å². The first-order chi connectivity index (χ1) is 16.0. The quantitative estimate of drug-likeness (QED) is 0.503. The molecule has 3 aromatic rings. The fourth-order valence-electron chi connectivity index (χ4n) is 4.34. The van der Waals surface area contributed by atoms with Gasteiger partial charge in [-0.15, -0.1) is 0 Å². The molecule has 1 heterocycles. The molecule has 1 atom stereocenters. The zero-order chi connectivity index (χ0) is 23.2. The Bertz CT molecular complexity index is 1070.